The van der Waals surface area contributed by atoms with E-state index in [0.717, 1.165) is 10.9 Å². The van der Waals surface area contributed by atoms with Gasteiger partial charge in [0, 0.05) is 25.4 Å². The molecule has 5 nitrogen and oxygen atoms in total. The molecule has 0 saturated heterocycles. The lowest BCUT2D eigenvalue weighted by Crippen LogP contribution is -2.28. The van der Waals surface area contributed by atoms with E-state index in [-0.39, 0.29) is 5.91 Å². The van der Waals surface area contributed by atoms with Crippen LogP contribution in [0.4, 0.5) is 0 Å². The summed E-state index contributed by atoms with van der Waals surface area (Å²) in [4.78, 5) is 16.5. The summed E-state index contributed by atoms with van der Waals surface area (Å²) < 4.78 is 7.30. The van der Waals surface area contributed by atoms with Crippen LogP contribution >= 0.6 is 11.8 Å². The molecule has 124 valence electrons. The first-order chi connectivity index (χ1) is 10.6. The van der Waals surface area contributed by atoms with E-state index in [4.69, 9.17) is 4.74 Å². The maximum Gasteiger partial charge on any atom is 0.230 e. The molecule has 2 rings (SSSR count). The maximum atomic E-state index is 11.8. The number of hydrogen-bond acceptors (Lipinski definition) is 4. The number of carbonyl (C=O) groups is 1. The molecule has 0 aliphatic heterocycles. The Morgan fingerprint density at radius 1 is 1.36 bits per heavy atom. The number of nitrogens with one attached hydrogen (secondary N) is 1. The van der Waals surface area contributed by atoms with Gasteiger partial charge >= 0.3 is 0 Å². The molecule has 1 amide bonds. The number of aromatic nitrogens is 2. The van der Waals surface area contributed by atoms with Crippen molar-refractivity contribution in [3.63, 3.8) is 0 Å². The first-order valence-corrected chi connectivity index (χ1v) is 9.06. The van der Waals surface area contributed by atoms with E-state index >= 15 is 0 Å². The zero-order chi connectivity index (χ0) is 15.9. The predicted molar refractivity (Wildman–Crippen MR) is 89.4 cm³/mol. The Morgan fingerprint density at radius 3 is 2.77 bits per heavy atom. The van der Waals surface area contributed by atoms with Crippen LogP contribution in [0.25, 0.3) is 0 Å². The highest BCUT2D eigenvalue weighted by atomic mass is 32.2. The minimum absolute atomic E-state index is 0.0375. The summed E-state index contributed by atoms with van der Waals surface area (Å²) in [5, 5.41) is 3.84. The largest absolute Gasteiger partial charge is 0.383 e. The SMILES string of the molecule is COCCNC(=O)CSc1nc(C)c(C)n1C1CCCCC1. The molecule has 1 saturated carbocycles. The molecule has 0 radical (unpaired) electrons. The van der Waals surface area contributed by atoms with Gasteiger partial charge < -0.3 is 14.6 Å². The van der Waals surface area contributed by atoms with Gasteiger partial charge in [-0.1, -0.05) is 31.0 Å². The van der Waals surface area contributed by atoms with Crippen molar-refractivity contribution in [2.24, 2.45) is 0 Å². The molecule has 6 heteroatoms. The van der Waals surface area contributed by atoms with Crippen LogP contribution in [0.5, 0.6) is 0 Å². The molecule has 0 aromatic carbocycles. The van der Waals surface area contributed by atoms with Crippen molar-refractivity contribution in [1.82, 2.24) is 14.9 Å². The number of imidazole rings is 1. The van der Waals surface area contributed by atoms with E-state index in [1.807, 2.05) is 0 Å². The molecule has 1 heterocycles. The fourth-order valence-electron chi connectivity index (χ4n) is 2.94. The van der Waals surface area contributed by atoms with Crippen molar-refractivity contribution in [1.29, 1.82) is 0 Å². The van der Waals surface area contributed by atoms with Crippen LogP contribution in [-0.2, 0) is 9.53 Å². The first-order valence-electron chi connectivity index (χ1n) is 8.07. The van der Waals surface area contributed by atoms with E-state index in [2.05, 4.69) is 28.7 Å². The number of methoxy groups -OCH3 is 1. The predicted octanol–water partition coefficient (Wildman–Crippen LogP) is 2.86. The highest BCUT2D eigenvalue weighted by molar-refractivity contribution is 7.99. The van der Waals surface area contributed by atoms with E-state index in [0.29, 0.717) is 24.9 Å². The van der Waals surface area contributed by atoms with Gasteiger partial charge in [0.2, 0.25) is 5.91 Å². The Kier molecular flexibility index (Phi) is 6.76. The normalized spacial score (nSPS) is 16.0. The van der Waals surface area contributed by atoms with Crippen LogP contribution in [-0.4, -0.2) is 41.5 Å². The number of nitrogens with zero attached hydrogens (tertiary/aromatic N) is 2. The molecule has 0 atom stereocenters. The smallest absolute Gasteiger partial charge is 0.230 e. The summed E-state index contributed by atoms with van der Waals surface area (Å²) in [6, 6.07) is 0.550. The highest BCUT2D eigenvalue weighted by Crippen LogP contribution is 2.34. The maximum absolute atomic E-state index is 11.8. The molecule has 1 aromatic rings. The zero-order valence-corrected chi connectivity index (χ0v) is 14.7. The Bertz CT molecular complexity index is 496. The summed E-state index contributed by atoms with van der Waals surface area (Å²) in [5.74, 6) is 0.447. The van der Waals surface area contributed by atoms with Crippen LogP contribution in [0.1, 0.15) is 49.5 Å². The van der Waals surface area contributed by atoms with Crippen molar-refractivity contribution in [3.05, 3.63) is 11.4 Å². The monoisotopic (exact) mass is 325 g/mol. The molecule has 1 N–H and O–H groups in total. The minimum Gasteiger partial charge on any atom is -0.383 e. The van der Waals surface area contributed by atoms with Gasteiger partial charge in [0.05, 0.1) is 18.1 Å². The zero-order valence-electron chi connectivity index (χ0n) is 13.9. The highest BCUT2D eigenvalue weighted by Gasteiger charge is 2.22. The number of amides is 1. The molecule has 0 bridgehead atoms. The molecule has 0 spiro atoms. The Morgan fingerprint density at radius 2 is 2.09 bits per heavy atom. The number of ether oxygens (including phenoxy) is 1. The second-order valence-corrected chi connectivity index (χ2v) is 6.80. The number of hydrogen-bond donors (Lipinski definition) is 1. The second kappa shape index (κ2) is 8.58. The number of rotatable bonds is 7. The number of aryl methyl sites for hydroxylation is 1. The minimum atomic E-state index is 0.0375. The van der Waals surface area contributed by atoms with E-state index < -0.39 is 0 Å². The molecule has 1 aromatic heterocycles. The Labute approximate surface area is 137 Å². The topological polar surface area (TPSA) is 56.1 Å². The fraction of sp³-hybridized carbons (Fsp3) is 0.750. The average molecular weight is 325 g/mol. The summed E-state index contributed by atoms with van der Waals surface area (Å²) >= 11 is 1.54. The second-order valence-electron chi connectivity index (χ2n) is 5.86. The standard InChI is InChI=1S/C16H27N3O2S/c1-12-13(2)19(14-7-5-4-6-8-14)16(18-12)22-11-15(20)17-9-10-21-3/h14H,4-11H2,1-3H3,(H,17,20). The van der Waals surface area contributed by atoms with Crippen LogP contribution in [0.3, 0.4) is 0 Å². The van der Waals surface area contributed by atoms with Crippen LogP contribution in [0, 0.1) is 13.8 Å². The molecule has 1 fully saturated rings. The van der Waals surface area contributed by atoms with Gasteiger partial charge in [-0.05, 0) is 26.7 Å². The van der Waals surface area contributed by atoms with Gasteiger partial charge in [0.25, 0.3) is 0 Å². The Balaban J connectivity index is 1.98. The van der Waals surface area contributed by atoms with Crippen molar-refractivity contribution in [2.75, 3.05) is 26.0 Å². The van der Waals surface area contributed by atoms with E-state index in [1.165, 1.54) is 37.8 Å². The molecule has 0 unspecified atom stereocenters. The molecular weight excluding hydrogens is 298 g/mol. The number of thioether (sulfide) groups is 1. The third-order valence-corrected chi connectivity index (χ3v) is 5.21. The number of carbonyl (C=O) groups excluding carboxylic acids is 1. The fourth-order valence-corrected chi connectivity index (χ4v) is 3.93. The van der Waals surface area contributed by atoms with Crippen molar-refractivity contribution in [2.45, 2.75) is 57.1 Å². The quantitative estimate of drug-likeness (QED) is 0.619. The summed E-state index contributed by atoms with van der Waals surface area (Å²) in [6.45, 7) is 5.30. The molecular formula is C16H27N3O2S. The van der Waals surface area contributed by atoms with Gasteiger partial charge in [0.1, 0.15) is 0 Å². The van der Waals surface area contributed by atoms with Gasteiger partial charge in [-0.3, -0.25) is 4.79 Å². The van der Waals surface area contributed by atoms with Crippen molar-refractivity contribution >= 4 is 17.7 Å². The van der Waals surface area contributed by atoms with Gasteiger partial charge in [-0.25, -0.2) is 4.98 Å². The molecule has 22 heavy (non-hydrogen) atoms. The van der Waals surface area contributed by atoms with E-state index in [9.17, 15) is 4.79 Å². The van der Waals surface area contributed by atoms with Crippen molar-refractivity contribution in [3.8, 4) is 0 Å². The van der Waals surface area contributed by atoms with Gasteiger partial charge in [-0.2, -0.15) is 0 Å². The first kappa shape index (κ1) is 17.3. The molecule has 1 aliphatic rings. The third kappa shape index (κ3) is 4.49. The van der Waals surface area contributed by atoms with E-state index in [1.54, 1.807) is 18.9 Å². The van der Waals surface area contributed by atoms with Gasteiger partial charge in [0.15, 0.2) is 5.16 Å². The third-order valence-electron chi connectivity index (χ3n) is 4.25. The summed E-state index contributed by atoms with van der Waals surface area (Å²) in [6.07, 6.45) is 6.38. The molecule has 1 aliphatic carbocycles. The average Bonchev–Trinajstić information content (AvgIpc) is 2.81. The van der Waals surface area contributed by atoms with Crippen LogP contribution in [0.15, 0.2) is 5.16 Å². The lowest BCUT2D eigenvalue weighted by molar-refractivity contribution is -0.118. The lowest BCUT2D eigenvalue weighted by atomic mass is 9.95. The summed E-state index contributed by atoms with van der Waals surface area (Å²) in [5.41, 5.74) is 2.32. The Hall–Kier alpha value is -1.01. The lowest BCUT2D eigenvalue weighted by Gasteiger charge is -2.26. The van der Waals surface area contributed by atoms with Gasteiger partial charge in [-0.15, -0.1) is 0 Å². The van der Waals surface area contributed by atoms with Crippen molar-refractivity contribution < 1.29 is 9.53 Å². The summed E-state index contributed by atoms with van der Waals surface area (Å²) in [7, 11) is 1.63. The van der Waals surface area contributed by atoms with Crippen LogP contribution in [0.2, 0.25) is 0 Å². The van der Waals surface area contributed by atoms with Crippen LogP contribution < -0.4 is 5.32 Å².